The molecule has 6 heteroatoms. The largest absolute Gasteiger partial charge is 0.493 e. The Morgan fingerprint density at radius 1 is 1.22 bits per heavy atom. The second kappa shape index (κ2) is 8.36. The second-order valence-electron chi connectivity index (χ2n) is 5.17. The third-order valence-electron chi connectivity index (χ3n) is 3.52. The Bertz CT molecular complexity index is 672. The molecule has 4 nitrogen and oxygen atoms in total. The summed E-state index contributed by atoms with van der Waals surface area (Å²) in [6.45, 7) is 0.640. The number of rotatable bonds is 7. The lowest BCUT2D eigenvalue weighted by molar-refractivity contribution is -0.130. The number of carbonyl (C=O) groups is 1. The Morgan fingerprint density at radius 2 is 1.96 bits per heavy atom. The molecular formula is C17H20BrNO3S. The molecular weight excluding hydrogens is 378 g/mol. The molecule has 0 aliphatic heterocycles. The van der Waals surface area contributed by atoms with Crippen molar-refractivity contribution in [1.82, 2.24) is 4.90 Å². The fourth-order valence-electron chi connectivity index (χ4n) is 2.24. The first-order chi connectivity index (χ1) is 11.0. The van der Waals surface area contributed by atoms with Crippen molar-refractivity contribution in [2.45, 2.75) is 19.4 Å². The Morgan fingerprint density at radius 3 is 2.57 bits per heavy atom. The molecule has 0 N–H and O–H groups in total. The summed E-state index contributed by atoms with van der Waals surface area (Å²) in [6, 6.07) is 7.79. The lowest BCUT2D eigenvalue weighted by Crippen LogP contribution is -2.25. The first kappa shape index (κ1) is 17.8. The van der Waals surface area contributed by atoms with Crippen LogP contribution in [0, 0.1) is 0 Å². The van der Waals surface area contributed by atoms with E-state index in [1.54, 1.807) is 30.5 Å². The molecule has 0 bridgehead atoms. The van der Waals surface area contributed by atoms with Crippen molar-refractivity contribution in [3.63, 3.8) is 0 Å². The van der Waals surface area contributed by atoms with Gasteiger partial charge in [0, 0.05) is 28.2 Å². The lowest BCUT2D eigenvalue weighted by Gasteiger charge is -2.16. The van der Waals surface area contributed by atoms with Gasteiger partial charge in [0.05, 0.1) is 20.8 Å². The summed E-state index contributed by atoms with van der Waals surface area (Å²) in [5.41, 5.74) is 1.06. The fourth-order valence-corrected chi connectivity index (χ4v) is 3.74. The summed E-state index contributed by atoms with van der Waals surface area (Å²) in [4.78, 5) is 15.2. The molecule has 1 aromatic carbocycles. The Balaban J connectivity index is 1.90. The van der Waals surface area contributed by atoms with Gasteiger partial charge in [0.15, 0.2) is 11.5 Å². The van der Waals surface area contributed by atoms with Gasteiger partial charge in [-0.15, -0.1) is 11.3 Å². The quantitative estimate of drug-likeness (QED) is 0.705. The zero-order valence-electron chi connectivity index (χ0n) is 13.5. The van der Waals surface area contributed by atoms with E-state index in [1.807, 2.05) is 36.7 Å². The van der Waals surface area contributed by atoms with E-state index in [0.29, 0.717) is 30.9 Å². The highest BCUT2D eigenvalue weighted by atomic mass is 79.9. The minimum absolute atomic E-state index is 0.129. The molecule has 1 heterocycles. The van der Waals surface area contributed by atoms with E-state index < -0.39 is 0 Å². The van der Waals surface area contributed by atoms with Gasteiger partial charge in [0.2, 0.25) is 5.91 Å². The molecule has 2 rings (SSSR count). The number of ether oxygens (including phenoxy) is 2. The van der Waals surface area contributed by atoms with E-state index in [9.17, 15) is 4.79 Å². The average Bonchev–Trinajstić information content (AvgIpc) is 2.96. The third-order valence-corrected chi connectivity index (χ3v) is 5.20. The first-order valence-corrected chi connectivity index (χ1v) is 8.88. The fraction of sp³-hybridized carbons (Fsp3) is 0.353. The van der Waals surface area contributed by atoms with Gasteiger partial charge >= 0.3 is 0 Å². The Labute approximate surface area is 149 Å². The number of hydrogen-bond donors (Lipinski definition) is 0. The maximum atomic E-state index is 12.3. The van der Waals surface area contributed by atoms with E-state index in [1.165, 1.54) is 4.88 Å². The number of halogens is 1. The number of amides is 1. The predicted molar refractivity (Wildman–Crippen MR) is 96.4 cm³/mol. The monoisotopic (exact) mass is 397 g/mol. The maximum absolute atomic E-state index is 12.3. The summed E-state index contributed by atoms with van der Waals surface area (Å²) >= 11 is 5.08. The van der Waals surface area contributed by atoms with E-state index in [-0.39, 0.29) is 5.91 Å². The minimum Gasteiger partial charge on any atom is -0.493 e. The van der Waals surface area contributed by atoms with E-state index >= 15 is 0 Å². The molecule has 0 unspecified atom stereocenters. The molecule has 0 radical (unpaired) electrons. The van der Waals surface area contributed by atoms with Gasteiger partial charge in [-0.05, 0) is 46.1 Å². The van der Waals surface area contributed by atoms with Crippen molar-refractivity contribution in [2.24, 2.45) is 0 Å². The van der Waals surface area contributed by atoms with Crippen LogP contribution in [0.3, 0.4) is 0 Å². The number of hydrogen-bond acceptors (Lipinski definition) is 4. The van der Waals surface area contributed by atoms with Crippen LogP contribution in [0.25, 0.3) is 0 Å². The predicted octanol–water partition coefficient (Wildman–Crippen LogP) is 4.12. The number of benzene rings is 1. The smallest absolute Gasteiger partial charge is 0.222 e. The normalized spacial score (nSPS) is 10.4. The maximum Gasteiger partial charge on any atom is 0.222 e. The molecule has 0 saturated carbocycles. The van der Waals surface area contributed by atoms with Gasteiger partial charge < -0.3 is 14.4 Å². The zero-order chi connectivity index (χ0) is 16.8. The molecule has 23 heavy (non-hydrogen) atoms. The standard InChI is InChI=1S/C17H20BrNO3S/c1-19(10-14-9-13(18)11-23-14)17(20)7-5-12-4-6-15(21-2)16(8-12)22-3/h4,6,8-9,11H,5,7,10H2,1-3H3. The van der Waals surface area contributed by atoms with Gasteiger partial charge in [-0.1, -0.05) is 6.07 Å². The van der Waals surface area contributed by atoms with E-state index in [2.05, 4.69) is 15.9 Å². The summed E-state index contributed by atoms with van der Waals surface area (Å²) in [7, 11) is 5.06. The molecule has 1 aromatic heterocycles. The molecule has 0 spiro atoms. The topological polar surface area (TPSA) is 38.8 Å². The molecule has 0 aliphatic rings. The van der Waals surface area contributed by atoms with Crippen LogP contribution in [0.2, 0.25) is 0 Å². The van der Waals surface area contributed by atoms with Crippen molar-refractivity contribution in [3.05, 3.63) is 44.6 Å². The first-order valence-electron chi connectivity index (χ1n) is 7.21. The molecule has 0 saturated heterocycles. The van der Waals surface area contributed by atoms with Crippen molar-refractivity contribution in [1.29, 1.82) is 0 Å². The van der Waals surface area contributed by atoms with Crippen LogP contribution in [0.5, 0.6) is 11.5 Å². The van der Waals surface area contributed by atoms with Gasteiger partial charge in [-0.3, -0.25) is 4.79 Å². The molecule has 2 aromatic rings. The summed E-state index contributed by atoms with van der Waals surface area (Å²) in [5.74, 6) is 1.52. The third kappa shape index (κ3) is 4.97. The highest BCUT2D eigenvalue weighted by Gasteiger charge is 2.12. The Kier molecular flexibility index (Phi) is 6.47. The number of thiophene rings is 1. The van der Waals surface area contributed by atoms with Crippen molar-refractivity contribution in [2.75, 3.05) is 21.3 Å². The van der Waals surface area contributed by atoms with Crippen molar-refractivity contribution in [3.8, 4) is 11.5 Å². The van der Waals surface area contributed by atoms with Gasteiger partial charge in [0.1, 0.15) is 0 Å². The van der Waals surface area contributed by atoms with Crippen LogP contribution in [0.15, 0.2) is 34.1 Å². The molecule has 0 aliphatic carbocycles. The van der Waals surface area contributed by atoms with E-state index in [0.717, 1.165) is 10.0 Å². The van der Waals surface area contributed by atoms with Crippen LogP contribution in [0.4, 0.5) is 0 Å². The van der Waals surface area contributed by atoms with Crippen LogP contribution < -0.4 is 9.47 Å². The number of methoxy groups -OCH3 is 2. The summed E-state index contributed by atoms with van der Waals surface area (Å²) in [6.07, 6.45) is 1.15. The van der Waals surface area contributed by atoms with Crippen molar-refractivity contribution < 1.29 is 14.3 Å². The van der Waals surface area contributed by atoms with Crippen molar-refractivity contribution >= 4 is 33.2 Å². The van der Waals surface area contributed by atoms with Crippen LogP contribution >= 0.6 is 27.3 Å². The number of aryl methyl sites for hydroxylation is 1. The average molecular weight is 398 g/mol. The highest BCUT2D eigenvalue weighted by Crippen LogP contribution is 2.28. The lowest BCUT2D eigenvalue weighted by atomic mass is 10.1. The molecule has 0 fully saturated rings. The molecule has 0 atom stereocenters. The number of carbonyl (C=O) groups excluding carboxylic acids is 1. The minimum atomic E-state index is 0.129. The van der Waals surface area contributed by atoms with Crippen LogP contribution in [0.1, 0.15) is 16.9 Å². The SMILES string of the molecule is COc1ccc(CCC(=O)N(C)Cc2cc(Br)cs2)cc1OC. The second-order valence-corrected chi connectivity index (χ2v) is 7.08. The molecule has 124 valence electrons. The van der Waals surface area contributed by atoms with E-state index in [4.69, 9.17) is 9.47 Å². The van der Waals surface area contributed by atoms with Gasteiger partial charge in [0.25, 0.3) is 0 Å². The van der Waals surface area contributed by atoms with Gasteiger partial charge in [-0.2, -0.15) is 0 Å². The summed E-state index contributed by atoms with van der Waals surface area (Å²) in [5, 5.41) is 2.03. The zero-order valence-corrected chi connectivity index (χ0v) is 15.9. The number of nitrogens with zero attached hydrogens (tertiary/aromatic N) is 1. The molecule has 1 amide bonds. The van der Waals surface area contributed by atoms with Crippen LogP contribution in [-0.4, -0.2) is 32.1 Å². The Hall–Kier alpha value is -1.53. The van der Waals surface area contributed by atoms with Crippen LogP contribution in [-0.2, 0) is 17.8 Å². The van der Waals surface area contributed by atoms with Gasteiger partial charge in [-0.25, -0.2) is 0 Å². The summed E-state index contributed by atoms with van der Waals surface area (Å²) < 4.78 is 11.6. The highest BCUT2D eigenvalue weighted by molar-refractivity contribution is 9.10.